The normalized spacial score (nSPS) is 12.0. The van der Waals surface area contributed by atoms with Crippen LogP contribution >= 0.6 is 0 Å². The molecule has 146 valence electrons. The van der Waals surface area contributed by atoms with Crippen LogP contribution in [0.15, 0.2) is 77.9 Å². The van der Waals surface area contributed by atoms with Gasteiger partial charge in [-0.15, -0.1) is 0 Å². The molecule has 2 aromatic carbocycles. The summed E-state index contributed by atoms with van der Waals surface area (Å²) in [5.41, 5.74) is 2.77. The predicted molar refractivity (Wildman–Crippen MR) is 111 cm³/mol. The summed E-state index contributed by atoms with van der Waals surface area (Å²) in [6.07, 6.45) is 1.45. The van der Waals surface area contributed by atoms with Crippen LogP contribution in [0.25, 0.3) is 16.8 Å². The summed E-state index contributed by atoms with van der Waals surface area (Å²) in [4.78, 5) is 25.1. The minimum Gasteiger partial charge on any atom is -0.354 e. The highest BCUT2D eigenvalue weighted by atomic mass is 16.2. The van der Waals surface area contributed by atoms with Gasteiger partial charge in [-0.05, 0) is 17.5 Å². The van der Waals surface area contributed by atoms with Gasteiger partial charge in [0.05, 0.1) is 5.69 Å². The molecule has 0 bridgehead atoms. The number of hydrogen-bond donors (Lipinski definition) is 1. The lowest BCUT2D eigenvalue weighted by molar-refractivity contribution is -0.121. The summed E-state index contributed by atoms with van der Waals surface area (Å²) in [5, 5.41) is 11.4. The Kier molecular flexibility index (Phi) is 5.20. The minimum absolute atomic E-state index is 0.136. The third-order valence-corrected chi connectivity index (χ3v) is 4.83. The maximum Gasteiger partial charge on any atom is 0.293 e. The smallest absolute Gasteiger partial charge is 0.293 e. The van der Waals surface area contributed by atoms with E-state index in [0.717, 1.165) is 15.8 Å². The Hall–Kier alpha value is -3.74. The molecule has 0 aliphatic heterocycles. The van der Waals surface area contributed by atoms with E-state index in [0.29, 0.717) is 17.8 Å². The molecule has 1 N–H and O–H groups in total. The molecule has 29 heavy (non-hydrogen) atoms. The molecule has 4 rings (SSSR count). The number of nitrogens with one attached hydrogen (secondary N) is 1. The number of carbonyl (C=O) groups is 1. The Morgan fingerprint density at radius 3 is 2.48 bits per heavy atom. The minimum atomic E-state index is -0.353. The van der Waals surface area contributed by atoms with Crippen LogP contribution in [0.4, 0.5) is 0 Å². The molecule has 2 aromatic heterocycles. The van der Waals surface area contributed by atoms with Crippen molar-refractivity contribution < 1.29 is 4.79 Å². The van der Waals surface area contributed by atoms with Crippen LogP contribution < -0.4 is 10.9 Å². The van der Waals surface area contributed by atoms with Crippen LogP contribution in [-0.2, 0) is 11.3 Å². The van der Waals surface area contributed by atoms with Crippen LogP contribution in [-0.4, -0.2) is 31.8 Å². The van der Waals surface area contributed by atoms with E-state index in [2.05, 4.69) is 15.5 Å². The fourth-order valence-electron chi connectivity index (χ4n) is 3.16. The molecule has 1 atom stereocenters. The first-order valence-corrected chi connectivity index (χ1v) is 9.44. The van der Waals surface area contributed by atoms with Crippen molar-refractivity contribution in [3.05, 3.63) is 89.0 Å². The van der Waals surface area contributed by atoms with E-state index in [1.807, 2.05) is 67.6 Å². The molecule has 2 heterocycles. The van der Waals surface area contributed by atoms with Crippen LogP contribution in [0.5, 0.6) is 0 Å². The van der Waals surface area contributed by atoms with E-state index in [9.17, 15) is 9.59 Å². The SMILES string of the molecule is CC(CNC(=O)Cn1ncn2nc(-c3ccccc3)cc2c1=O)c1ccccc1. The molecule has 0 aliphatic rings. The second kappa shape index (κ2) is 8.10. The van der Waals surface area contributed by atoms with Crippen LogP contribution in [0.3, 0.4) is 0 Å². The van der Waals surface area contributed by atoms with Crippen molar-refractivity contribution in [1.29, 1.82) is 0 Å². The number of benzene rings is 2. The van der Waals surface area contributed by atoms with Gasteiger partial charge >= 0.3 is 0 Å². The highest BCUT2D eigenvalue weighted by molar-refractivity contribution is 5.75. The molecule has 0 saturated heterocycles. The van der Waals surface area contributed by atoms with Gasteiger partial charge in [-0.25, -0.2) is 9.20 Å². The van der Waals surface area contributed by atoms with E-state index < -0.39 is 0 Å². The Morgan fingerprint density at radius 1 is 1.07 bits per heavy atom. The standard InChI is InChI=1S/C22H21N5O2/c1-16(17-8-4-2-5-9-17)13-23-21(28)14-26-22(29)20-12-19(25-27(20)15-24-26)18-10-6-3-7-11-18/h2-12,15-16H,13-14H2,1H3,(H,23,28). The molecule has 1 amide bonds. The average molecular weight is 387 g/mol. The van der Waals surface area contributed by atoms with Crippen LogP contribution in [0, 0.1) is 0 Å². The molecule has 0 aliphatic carbocycles. The van der Waals surface area contributed by atoms with Gasteiger partial charge in [0.25, 0.3) is 5.56 Å². The number of rotatable bonds is 6. The molecule has 1 unspecified atom stereocenters. The lowest BCUT2D eigenvalue weighted by Crippen LogP contribution is -2.35. The van der Waals surface area contributed by atoms with E-state index in [4.69, 9.17) is 0 Å². The van der Waals surface area contributed by atoms with Gasteiger partial charge in [0.15, 0.2) is 0 Å². The first kappa shape index (κ1) is 18.6. The summed E-state index contributed by atoms with van der Waals surface area (Å²) >= 11 is 0. The molecule has 7 nitrogen and oxygen atoms in total. The Morgan fingerprint density at radius 2 is 1.76 bits per heavy atom. The van der Waals surface area contributed by atoms with Crippen molar-refractivity contribution in [2.75, 3.05) is 6.54 Å². The molecule has 4 aromatic rings. The number of amides is 1. The number of aromatic nitrogens is 4. The Balaban J connectivity index is 1.47. The van der Waals surface area contributed by atoms with Crippen molar-refractivity contribution in [1.82, 2.24) is 24.7 Å². The van der Waals surface area contributed by atoms with Crippen molar-refractivity contribution in [2.24, 2.45) is 0 Å². The monoisotopic (exact) mass is 387 g/mol. The fourth-order valence-corrected chi connectivity index (χ4v) is 3.16. The number of carbonyl (C=O) groups excluding carboxylic acids is 1. The Labute approximate surface area is 167 Å². The van der Waals surface area contributed by atoms with Crippen molar-refractivity contribution >= 4 is 11.4 Å². The highest BCUT2D eigenvalue weighted by Gasteiger charge is 2.13. The summed E-state index contributed by atoms with van der Waals surface area (Å²) < 4.78 is 2.60. The third-order valence-electron chi connectivity index (χ3n) is 4.83. The zero-order chi connectivity index (χ0) is 20.2. The van der Waals surface area contributed by atoms with Gasteiger partial charge in [-0.2, -0.15) is 10.2 Å². The number of hydrogen-bond acceptors (Lipinski definition) is 4. The topological polar surface area (TPSA) is 81.3 Å². The van der Waals surface area contributed by atoms with Crippen molar-refractivity contribution in [2.45, 2.75) is 19.4 Å². The highest BCUT2D eigenvalue weighted by Crippen LogP contribution is 2.17. The summed E-state index contributed by atoms with van der Waals surface area (Å²) in [6.45, 7) is 2.40. The average Bonchev–Trinajstić information content (AvgIpc) is 3.20. The lowest BCUT2D eigenvalue weighted by atomic mass is 10.0. The molecule has 0 spiro atoms. The van der Waals surface area contributed by atoms with E-state index in [1.54, 1.807) is 6.07 Å². The molecule has 0 radical (unpaired) electrons. The van der Waals surface area contributed by atoms with Crippen LogP contribution in [0.1, 0.15) is 18.4 Å². The predicted octanol–water partition coefficient (Wildman–Crippen LogP) is 2.48. The second-order valence-corrected chi connectivity index (χ2v) is 6.93. The zero-order valence-corrected chi connectivity index (χ0v) is 16.0. The molecule has 0 fully saturated rings. The third kappa shape index (κ3) is 4.08. The quantitative estimate of drug-likeness (QED) is 0.551. The summed E-state index contributed by atoms with van der Waals surface area (Å²) in [7, 11) is 0. The van der Waals surface area contributed by atoms with Gasteiger partial charge in [0.1, 0.15) is 18.4 Å². The fraction of sp³-hybridized carbons (Fsp3) is 0.182. The van der Waals surface area contributed by atoms with Gasteiger partial charge in [0, 0.05) is 12.1 Å². The van der Waals surface area contributed by atoms with Gasteiger partial charge in [-0.1, -0.05) is 67.6 Å². The van der Waals surface area contributed by atoms with Crippen LogP contribution in [0.2, 0.25) is 0 Å². The molecule has 0 saturated carbocycles. The first-order valence-electron chi connectivity index (χ1n) is 9.44. The second-order valence-electron chi connectivity index (χ2n) is 6.93. The van der Waals surface area contributed by atoms with Crippen molar-refractivity contribution in [3.63, 3.8) is 0 Å². The van der Waals surface area contributed by atoms with E-state index >= 15 is 0 Å². The maximum absolute atomic E-state index is 12.7. The van der Waals surface area contributed by atoms with E-state index in [-0.39, 0.29) is 23.9 Å². The molecular formula is C22H21N5O2. The molecule has 7 heteroatoms. The maximum atomic E-state index is 12.7. The van der Waals surface area contributed by atoms with Gasteiger partial charge < -0.3 is 5.32 Å². The number of nitrogens with zero attached hydrogens (tertiary/aromatic N) is 4. The first-order chi connectivity index (χ1) is 14.1. The lowest BCUT2D eigenvalue weighted by Gasteiger charge is -2.13. The zero-order valence-electron chi connectivity index (χ0n) is 16.0. The number of fused-ring (bicyclic) bond motifs is 1. The van der Waals surface area contributed by atoms with E-state index in [1.165, 1.54) is 10.8 Å². The molecular weight excluding hydrogens is 366 g/mol. The largest absolute Gasteiger partial charge is 0.354 e. The van der Waals surface area contributed by atoms with Gasteiger partial charge in [-0.3, -0.25) is 9.59 Å². The van der Waals surface area contributed by atoms with Gasteiger partial charge in [0.2, 0.25) is 5.91 Å². The van der Waals surface area contributed by atoms with Crippen molar-refractivity contribution in [3.8, 4) is 11.3 Å². The Bertz CT molecular complexity index is 1180. The summed E-state index contributed by atoms with van der Waals surface area (Å²) in [6, 6.07) is 21.3. The summed E-state index contributed by atoms with van der Waals surface area (Å²) in [5.74, 6) is -0.0786.